The van der Waals surface area contributed by atoms with E-state index in [0.717, 1.165) is 0 Å². The number of halogens is 3. The number of hydrogen-bond acceptors (Lipinski definition) is 1. The van der Waals surface area contributed by atoms with Gasteiger partial charge in [-0.05, 0) is 12.1 Å². The molecule has 15 heavy (non-hydrogen) atoms. The summed E-state index contributed by atoms with van der Waals surface area (Å²) in [5.41, 5.74) is 0. The van der Waals surface area contributed by atoms with Crippen LogP contribution in [0, 0.1) is 0 Å². The van der Waals surface area contributed by atoms with Crippen LogP contribution in [0.5, 0.6) is 0 Å². The average molecular weight is 274 g/mol. The van der Waals surface area contributed by atoms with Gasteiger partial charge in [0.25, 0.3) is 0 Å². The fourth-order valence-corrected chi connectivity index (χ4v) is 1.00. The van der Waals surface area contributed by atoms with Crippen LogP contribution in [0.25, 0.3) is 0 Å². The molecule has 0 aromatic heterocycles. The van der Waals surface area contributed by atoms with E-state index in [4.69, 9.17) is 39.9 Å². The Labute approximate surface area is 103 Å². The molecule has 6 heteroatoms. The summed E-state index contributed by atoms with van der Waals surface area (Å²) in [6.45, 7) is 1.60. The SMILES string of the molecule is CCC(=O)O.Clc1cccc(Cl)c1Cl.O. The van der Waals surface area contributed by atoms with E-state index in [2.05, 4.69) is 0 Å². The van der Waals surface area contributed by atoms with Crippen LogP contribution >= 0.6 is 34.8 Å². The molecule has 0 bridgehead atoms. The minimum atomic E-state index is -0.745. The highest BCUT2D eigenvalue weighted by molar-refractivity contribution is 6.47. The molecule has 1 rings (SSSR count). The van der Waals surface area contributed by atoms with Crippen molar-refractivity contribution < 1.29 is 15.4 Å². The highest BCUT2D eigenvalue weighted by Crippen LogP contribution is 2.28. The number of carboxylic acids is 1. The smallest absolute Gasteiger partial charge is 0.303 e. The van der Waals surface area contributed by atoms with E-state index < -0.39 is 5.97 Å². The number of hydrogen-bond donors (Lipinski definition) is 1. The van der Waals surface area contributed by atoms with Gasteiger partial charge in [0, 0.05) is 6.42 Å². The molecule has 0 saturated carbocycles. The molecule has 0 amide bonds. The lowest BCUT2D eigenvalue weighted by Crippen LogP contribution is -1.86. The molecule has 1 aromatic rings. The predicted molar refractivity (Wildman–Crippen MR) is 63.0 cm³/mol. The van der Waals surface area contributed by atoms with Gasteiger partial charge in [0.2, 0.25) is 0 Å². The molecule has 0 saturated heterocycles. The number of benzene rings is 1. The third-order valence-electron chi connectivity index (χ3n) is 1.21. The maximum Gasteiger partial charge on any atom is 0.303 e. The Kier molecular flexibility index (Phi) is 9.93. The Morgan fingerprint density at radius 2 is 1.60 bits per heavy atom. The van der Waals surface area contributed by atoms with Crippen molar-refractivity contribution in [1.29, 1.82) is 0 Å². The zero-order valence-corrected chi connectivity index (χ0v) is 10.2. The molecule has 0 spiro atoms. The van der Waals surface area contributed by atoms with Gasteiger partial charge in [0.15, 0.2) is 0 Å². The van der Waals surface area contributed by atoms with Crippen LogP contribution in [0.4, 0.5) is 0 Å². The lowest BCUT2D eigenvalue weighted by atomic mass is 10.4. The normalized spacial score (nSPS) is 8.27. The van der Waals surface area contributed by atoms with Crippen molar-refractivity contribution in [3.63, 3.8) is 0 Å². The zero-order chi connectivity index (χ0) is 11.1. The molecule has 0 aliphatic carbocycles. The summed E-state index contributed by atoms with van der Waals surface area (Å²) in [4.78, 5) is 9.37. The summed E-state index contributed by atoms with van der Waals surface area (Å²) in [6, 6.07) is 5.13. The monoisotopic (exact) mass is 272 g/mol. The largest absolute Gasteiger partial charge is 0.481 e. The Balaban J connectivity index is 0. The Bertz CT molecular complexity index is 295. The second-order valence-electron chi connectivity index (χ2n) is 2.28. The molecule has 0 fully saturated rings. The molecule has 0 aliphatic rings. The first-order valence-electron chi connectivity index (χ1n) is 3.80. The molecule has 86 valence electrons. The minimum Gasteiger partial charge on any atom is -0.481 e. The minimum absolute atomic E-state index is 0. The number of rotatable bonds is 1. The summed E-state index contributed by atoms with van der Waals surface area (Å²) in [5, 5.41) is 9.12. The first kappa shape index (κ1) is 16.9. The molecule has 1 aromatic carbocycles. The van der Waals surface area contributed by atoms with Gasteiger partial charge in [-0.3, -0.25) is 4.79 Å². The first-order valence-corrected chi connectivity index (χ1v) is 4.93. The maximum atomic E-state index is 9.37. The van der Waals surface area contributed by atoms with E-state index in [1.165, 1.54) is 0 Å². The quantitative estimate of drug-likeness (QED) is 0.798. The van der Waals surface area contributed by atoms with Crippen molar-refractivity contribution in [2.45, 2.75) is 13.3 Å². The van der Waals surface area contributed by atoms with E-state index in [1.54, 1.807) is 25.1 Å². The van der Waals surface area contributed by atoms with Gasteiger partial charge in [-0.2, -0.15) is 0 Å². The summed E-state index contributed by atoms with van der Waals surface area (Å²) >= 11 is 16.8. The maximum absolute atomic E-state index is 9.37. The highest BCUT2D eigenvalue weighted by atomic mass is 35.5. The summed E-state index contributed by atoms with van der Waals surface area (Å²) in [7, 11) is 0. The molecule has 0 atom stereocenters. The molecular weight excluding hydrogens is 262 g/mol. The van der Waals surface area contributed by atoms with E-state index >= 15 is 0 Å². The Hall–Kier alpha value is -0.480. The predicted octanol–water partition coefficient (Wildman–Crippen LogP) is 3.30. The van der Waals surface area contributed by atoms with E-state index in [9.17, 15) is 4.79 Å². The van der Waals surface area contributed by atoms with Crippen LogP contribution in [0.3, 0.4) is 0 Å². The van der Waals surface area contributed by atoms with Gasteiger partial charge in [-0.25, -0.2) is 0 Å². The number of aliphatic carboxylic acids is 1. The van der Waals surface area contributed by atoms with Crippen molar-refractivity contribution >= 4 is 40.8 Å². The van der Waals surface area contributed by atoms with Crippen LogP contribution in [-0.2, 0) is 4.79 Å². The summed E-state index contributed by atoms with van der Waals surface area (Å²) < 4.78 is 0. The topological polar surface area (TPSA) is 68.8 Å². The Morgan fingerprint density at radius 1 is 1.27 bits per heavy atom. The number of carboxylic acid groups (broad SMARTS) is 1. The molecule has 3 N–H and O–H groups in total. The van der Waals surface area contributed by atoms with Gasteiger partial charge >= 0.3 is 5.97 Å². The van der Waals surface area contributed by atoms with Crippen molar-refractivity contribution in [1.82, 2.24) is 0 Å². The highest BCUT2D eigenvalue weighted by Gasteiger charge is 1.98. The van der Waals surface area contributed by atoms with Crippen molar-refractivity contribution in [2.24, 2.45) is 0 Å². The standard InChI is InChI=1S/C6H3Cl3.C3H6O2.H2O/c7-4-2-1-3-5(8)6(4)9;1-2-3(4)5;/h1-3H;2H2,1H3,(H,4,5);1H2. The van der Waals surface area contributed by atoms with Crippen LogP contribution in [0.15, 0.2) is 18.2 Å². The third-order valence-corrected chi connectivity index (χ3v) is 2.44. The lowest BCUT2D eigenvalue weighted by molar-refractivity contribution is -0.136. The summed E-state index contributed by atoms with van der Waals surface area (Å²) in [6.07, 6.45) is 0.222. The zero-order valence-electron chi connectivity index (χ0n) is 7.93. The van der Waals surface area contributed by atoms with Crippen molar-refractivity contribution in [2.75, 3.05) is 0 Å². The van der Waals surface area contributed by atoms with E-state index in [0.29, 0.717) is 15.1 Å². The third kappa shape index (κ3) is 7.45. The summed E-state index contributed by atoms with van der Waals surface area (Å²) in [5.74, 6) is -0.745. The molecule has 0 radical (unpaired) electrons. The molecular formula is C9H11Cl3O3. The van der Waals surface area contributed by atoms with Crippen molar-refractivity contribution in [3.05, 3.63) is 33.3 Å². The van der Waals surface area contributed by atoms with Gasteiger partial charge < -0.3 is 10.6 Å². The second kappa shape index (κ2) is 8.80. The number of carbonyl (C=O) groups is 1. The van der Waals surface area contributed by atoms with Gasteiger partial charge in [0.05, 0.1) is 15.1 Å². The lowest BCUT2D eigenvalue weighted by Gasteiger charge is -1.94. The van der Waals surface area contributed by atoms with Gasteiger partial charge in [-0.1, -0.05) is 47.8 Å². The van der Waals surface area contributed by atoms with Gasteiger partial charge in [0.1, 0.15) is 0 Å². The molecule has 3 nitrogen and oxygen atoms in total. The van der Waals surface area contributed by atoms with Crippen molar-refractivity contribution in [3.8, 4) is 0 Å². The van der Waals surface area contributed by atoms with E-state index in [-0.39, 0.29) is 11.9 Å². The first-order chi connectivity index (χ1) is 6.49. The molecule has 0 aliphatic heterocycles. The van der Waals surface area contributed by atoms with Crippen LogP contribution in [-0.4, -0.2) is 16.6 Å². The van der Waals surface area contributed by atoms with Crippen LogP contribution < -0.4 is 0 Å². The van der Waals surface area contributed by atoms with Crippen LogP contribution in [0.1, 0.15) is 13.3 Å². The van der Waals surface area contributed by atoms with E-state index in [1.807, 2.05) is 0 Å². The average Bonchev–Trinajstić information content (AvgIpc) is 2.15. The molecule has 0 unspecified atom stereocenters. The fraction of sp³-hybridized carbons (Fsp3) is 0.222. The fourth-order valence-electron chi connectivity index (χ4n) is 0.477. The second-order valence-corrected chi connectivity index (χ2v) is 3.48. The van der Waals surface area contributed by atoms with Crippen LogP contribution in [0.2, 0.25) is 15.1 Å². The van der Waals surface area contributed by atoms with Gasteiger partial charge in [-0.15, -0.1) is 0 Å². The molecule has 0 heterocycles. The Morgan fingerprint density at radius 3 is 1.80 bits per heavy atom.